The Kier molecular flexibility index (Phi) is 3.75. The maximum atomic E-state index is 5.76. The van der Waals surface area contributed by atoms with Gasteiger partial charge in [-0.1, -0.05) is 11.3 Å². The first-order valence-corrected chi connectivity index (χ1v) is 8.36. The predicted octanol–water partition coefficient (Wildman–Crippen LogP) is 3.22. The summed E-state index contributed by atoms with van der Waals surface area (Å²) < 4.78 is 12.2. The van der Waals surface area contributed by atoms with Crippen molar-refractivity contribution in [1.82, 2.24) is 9.97 Å². The quantitative estimate of drug-likeness (QED) is 0.720. The molecule has 1 aliphatic rings. The first kappa shape index (κ1) is 14.3. The summed E-state index contributed by atoms with van der Waals surface area (Å²) in [5, 5.41) is 1.07. The van der Waals surface area contributed by atoms with Gasteiger partial charge >= 0.3 is 0 Å². The molecule has 1 fully saturated rings. The van der Waals surface area contributed by atoms with Gasteiger partial charge in [-0.2, -0.15) is 0 Å². The van der Waals surface area contributed by atoms with Crippen LogP contribution in [0.15, 0.2) is 42.7 Å². The van der Waals surface area contributed by atoms with Crippen LogP contribution in [0.25, 0.3) is 10.2 Å². The highest BCUT2D eigenvalue weighted by Gasteiger charge is 2.29. The number of rotatable bonds is 5. The predicted molar refractivity (Wildman–Crippen MR) is 91.6 cm³/mol. The summed E-state index contributed by atoms with van der Waals surface area (Å²) in [4.78, 5) is 11.1. The number of benzene rings is 1. The van der Waals surface area contributed by atoms with E-state index in [0.717, 1.165) is 41.8 Å². The van der Waals surface area contributed by atoms with Crippen molar-refractivity contribution in [3.05, 3.63) is 42.7 Å². The van der Waals surface area contributed by atoms with Crippen LogP contribution in [0.4, 0.5) is 5.13 Å². The number of ether oxygens (including phenoxy) is 2. The molecule has 0 amide bonds. The summed E-state index contributed by atoms with van der Waals surface area (Å²) >= 11 is 1.73. The third kappa shape index (κ3) is 2.94. The van der Waals surface area contributed by atoms with Crippen LogP contribution in [0, 0.1) is 5.92 Å². The summed E-state index contributed by atoms with van der Waals surface area (Å²) in [5.74, 6) is 2.22. The lowest BCUT2D eigenvalue weighted by atomic mass is 10.0. The Bertz CT molecular complexity index is 800. The Labute approximate surface area is 138 Å². The Morgan fingerprint density at radius 3 is 2.96 bits per heavy atom. The van der Waals surface area contributed by atoms with Gasteiger partial charge in [-0.15, -0.1) is 0 Å². The van der Waals surface area contributed by atoms with Gasteiger partial charge in [-0.05, 0) is 24.3 Å². The van der Waals surface area contributed by atoms with Gasteiger partial charge < -0.3 is 14.4 Å². The lowest BCUT2D eigenvalue weighted by Gasteiger charge is -2.38. The summed E-state index contributed by atoms with van der Waals surface area (Å²) in [7, 11) is 1.68. The van der Waals surface area contributed by atoms with E-state index in [4.69, 9.17) is 14.5 Å². The zero-order valence-electron chi connectivity index (χ0n) is 12.8. The molecule has 0 unspecified atom stereocenters. The lowest BCUT2D eigenvalue weighted by molar-refractivity contribution is 0.220. The normalized spacial score (nSPS) is 14.7. The summed E-state index contributed by atoms with van der Waals surface area (Å²) in [5.41, 5.74) is 0.999. The van der Waals surface area contributed by atoms with Crippen LogP contribution in [0.3, 0.4) is 0 Å². The molecule has 1 aliphatic heterocycles. The number of anilines is 1. The van der Waals surface area contributed by atoms with Gasteiger partial charge in [0.15, 0.2) is 5.13 Å². The molecular formula is C17H17N3O2S. The average Bonchev–Trinajstić information content (AvgIpc) is 2.96. The second kappa shape index (κ2) is 6.04. The first-order chi connectivity index (χ1) is 11.3. The molecule has 6 heteroatoms. The van der Waals surface area contributed by atoms with Crippen LogP contribution < -0.4 is 14.4 Å². The molecule has 0 aliphatic carbocycles. The minimum atomic E-state index is 0.539. The number of nitrogens with zero attached hydrogens (tertiary/aromatic N) is 3. The van der Waals surface area contributed by atoms with E-state index in [1.54, 1.807) is 30.8 Å². The number of hydrogen-bond donors (Lipinski definition) is 0. The van der Waals surface area contributed by atoms with Crippen LogP contribution >= 0.6 is 11.3 Å². The fourth-order valence-electron chi connectivity index (χ4n) is 2.64. The molecule has 0 bridgehead atoms. The highest BCUT2D eigenvalue weighted by molar-refractivity contribution is 7.22. The number of aromatic nitrogens is 2. The van der Waals surface area contributed by atoms with Crippen molar-refractivity contribution >= 4 is 26.7 Å². The Balaban J connectivity index is 1.36. The van der Waals surface area contributed by atoms with Gasteiger partial charge in [0.1, 0.15) is 11.5 Å². The average molecular weight is 327 g/mol. The van der Waals surface area contributed by atoms with Gasteiger partial charge in [0, 0.05) is 31.3 Å². The zero-order valence-corrected chi connectivity index (χ0v) is 13.6. The molecule has 4 rings (SSSR count). The smallest absolute Gasteiger partial charge is 0.186 e. The highest BCUT2D eigenvalue weighted by Crippen LogP contribution is 2.34. The van der Waals surface area contributed by atoms with E-state index >= 15 is 0 Å². The topological polar surface area (TPSA) is 47.5 Å². The lowest BCUT2D eigenvalue weighted by Crippen LogP contribution is -2.49. The molecular weight excluding hydrogens is 310 g/mol. The van der Waals surface area contributed by atoms with E-state index in [9.17, 15) is 0 Å². The molecule has 0 atom stereocenters. The second-order valence-corrected chi connectivity index (χ2v) is 6.61. The minimum absolute atomic E-state index is 0.539. The Morgan fingerprint density at radius 1 is 1.26 bits per heavy atom. The number of fused-ring (bicyclic) bond motifs is 1. The van der Waals surface area contributed by atoms with Crippen LogP contribution in [0.2, 0.25) is 0 Å². The van der Waals surface area contributed by atoms with Crippen molar-refractivity contribution in [2.24, 2.45) is 5.92 Å². The Morgan fingerprint density at radius 2 is 2.17 bits per heavy atom. The standard InChI is InChI=1S/C17H17N3O2S/c1-21-13-4-5-16-15(7-13)19-17(23-16)20-9-12(10-20)11-22-14-3-2-6-18-8-14/h2-8,12H,9-11H2,1H3. The molecule has 1 aromatic carbocycles. The molecule has 2 aromatic heterocycles. The minimum Gasteiger partial charge on any atom is -0.497 e. The van der Waals surface area contributed by atoms with Crippen molar-refractivity contribution in [2.45, 2.75) is 0 Å². The number of thiazole rings is 1. The van der Waals surface area contributed by atoms with Crippen molar-refractivity contribution in [2.75, 3.05) is 31.7 Å². The van der Waals surface area contributed by atoms with Crippen molar-refractivity contribution in [1.29, 1.82) is 0 Å². The number of hydrogen-bond acceptors (Lipinski definition) is 6. The zero-order chi connectivity index (χ0) is 15.6. The van der Waals surface area contributed by atoms with Crippen molar-refractivity contribution in [3.63, 3.8) is 0 Å². The fourth-order valence-corrected chi connectivity index (χ4v) is 3.60. The largest absolute Gasteiger partial charge is 0.497 e. The molecule has 0 N–H and O–H groups in total. The molecule has 1 saturated heterocycles. The van der Waals surface area contributed by atoms with Crippen LogP contribution in [-0.2, 0) is 0 Å². The van der Waals surface area contributed by atoms with Gasteiger partial charge in [-0.3, -0.25) is 4.98 Å². The third-order valence-electron chi connectivity index (χ3n) is 3.93. The van der Waals surface area contributed by atoms with Crippen molar-refractivity contribution in [3.8, 4) is 11.5 Å². The molecule has 3 heterocycles. The van der Waals surface area contributed by atoms with Crippen LogP contribution in [-0.4, -0.2) is 36.8 Å². The van der Waals surface area contributed by atoms with Crippen LogP contribution in [0.5, 0.6) is 11.5 Å². The molecule has 0 radical (unpaired) electrons. The molecule has 0 saturated carbocycles. The summed E-state index contributed by atoms with van der Waals surface area (Å²) in [6.07, 6.45) is 3.50. The first-order valence-electron chi connectivity index (χ1n) is 7.54. The Hall–Kier alpha value is -2.34. The van der Waals surface area contributed by atoms with Gasteiger partial charge in [-0.25, -0.2) is 4.98 Å². The monoisotopic (exact) mass is 327 g/mol. The van der Waals surface area contributed by atoms with E-state index in [-0.39, 0.29) is 0 Å². The van der Waals surface area contributed by atoms with E-state index in [1.165, 1.54) is 4.70 Å². The number of pyridine rings is 1. The number of methoxy groups -OCH3 is 1. The fraction of sp³-hybridized carbons (Fsp3) is 0.294. The SMILES string of the molecule is COc1ccc2sc(N3CC(COc4cccnc4)C3)nc2c1. The summed E-state index contributed by atoms with van der Waals surface area (Å²) in [6, 6.07) is 9.85. The molecule has 5 nitrogen and oxygen atoms in total. The van der Waals surface area contributed by atoms with E-state index < -0.39 is 0 Å². The van der Waals surface area contributed by atoms with Crippen LogP contribution in [0.1, 0.15) is 0 Å². The second-order valence-electron chi connectivity index (χ2n) is 5.60. The maximum absolute atomic E-state index is 5.76. The molecule has 3 aromatic rings. The van der Waals surface area contributed by atoms with E-state index in [2.05, 4.69) is 16.0 Å². The molecule has 118 valence electrons. The van der Waals surface area contributed by atoms with E-state index in [1.807, 2.05) is 24.3 Å². The maximum Gasteiger partial charge on any atom is 0.186 e. The van der Waals surface area contributed by atoms with E-state index in [0.29, 0.717) is 5.92 Å². The van der Waals surface area contributed by atoms with Gasteiger partial charge in [0.2, 0.25) is 0 Å². The molecule has 23 heavy (non-hydrogen) atoms. The highest BCUT2D eigenvalue weighted by atomic mass is 32.1. The summed E-state index contributed by atoms with van der Waals surface area (Å²) in [6.45, 7) is 2.69. The third-order valence-corrected chi connectivity index (χ3v) is 5.03. The van der Waals surface area contributed by atoms with Gasteiger partial charge in [0.05, 0.1) is 30.1 Å². The molecule has 0 spiro atoms. The van der Waals surface area contributed by atoms with Gasteiger partial charge in [0.25, 0.3) is 0 Å². The van der Waals surface area contributed by atoms with Crippen molar-refractivity contribution < 1.29 is 9.47 Å².